The number of hydrogen-bond donors (Lipinski definition) is 2. The first-order valence-corrected chi connectivity index (χ1v) is 10.9. The summed E-state index contributed by atoms with van der Waals surface area (Å²) in [6, 6.07) is 15.0. The van der Waals surface area contributed by atoms with Gasteiger partial charge in [-0.15, -0.1) is 0 Å². The number of aromatic nitrogens is 4. The molecule has 2 aromatic carbocycles. The maximum atomic E-state index is 13.0. The highest BCUT2D eigenvalue weighted by molar-refractivity contribution is 5.93. The van der Waals surface area contributed by atoms with E-state index >= 15 is 0 Å². The molecule has 2 N–H and O–H groups in total. The number of rotatable bonds is 8. The third-order valence-corrected chi connectivity index (χ3v) is 5.45. The molecular weight excluding hydrogens is 466 g/mol. The summed E-state index contributed by atoms with van der Waals surface area (Å²) in [5.41, 5.74) is -0.603. The van der Waals surface area contributed by atoms with Gasteiger partial charge in [0.25, 0.3) is 17.0 Å². The molecule has 4 rings (SSSR count). The van der Waals surface area contributed by atoms with Crippen LogP contribution in [0.15, 0.2) is 81.5 Å². The molecule has 11 heteroatoms. The Morgan fingerprint density at radius 1 is 1.03 bits per heavy atom. The average Bonchev–Trinajstić information content (AvgIpc) is 2.90. The number of nitrogens with zero attached hydrogens (tertiary/aromatic N) is 3. The van der Waals surface area contributed by atoms with Gasteiger partial charge in [0.2, 0.25) is 0 Å². The van der Waals surface area contributed by atoms with Gasteiger partial charge >= 0.3 is 5.69 Å². The van der Waals surface area contributed by atoms with Gasteiger partial charge in [0.15, 0.2) is 0 Å². The Bertz CT molecular complexity index is 1570. The van der Waals surface area contributed by atoms with Crippen LogP contribution < -0.4 is 31.6 Å². The molecule has 0 fully saturated rings. The van der Waals surface area contributed by atoms with Crippen molar-refractivity contribution in [2.45, 2.75) is 6.54 Å². The molecule has 36 heavy (non-hydrogen) atoms. The predicted octanol–water partition coefficient (Wildman–Crippen LogP) is 1.20. The van der Waals surface area contributed by atoms with E-state index in [0.717, 1.165) is 16.3 Å². The number of para-hydroxylation sites is 2. The lowest BCUT2D eigenvalue weighted by atomic mass is 10.1. The first-order chi connectivity index (χ1) is 17.4. The second-order valence-corrected chi connectivity index (χ2v) is 7.61. The number of amides is 1. The molecule has 184 valence electrons. The van der Waals surface area contributed by atoms with Crippen molar-refractivity contribution >= 4 is 5.91 Å². The molecule has 0 aliphatic heterocycles. The van der Waals surface area contributed by atoms with Crippen LogP contribution in [-0.4, -0.2) is 45.8 Å². The predicted molar refractivity (Wildman–Crippen MR) is 132 cm³/mol. The van der Waals surface area contributed by atoms with E-state index in [9.17, 15) is 19.2 Å². The SMILES string of the molecule is COc1ccc(-c2cc(=O)n(CCNC(=O)c3c[nH]c(=O)n(-c4ccccc4OC)c3=O)cn2)cc1. The smallest absolute Gasteiger partial charge is 0.333 e. The third-order valence-electron chi connectivity index (χ3n) is 5.45. The topological polar surface area (TPSA) is 137 Å². The number of hydrogen-bond acceptors (Lipinski definition) is 7. The van der Waals surface area contributed by atoms with Crippen molar-refractivity contribution in [3.05, 3.63) is 104 Å². The maximum Gasteiger partial charge on any atom is 0.333 e. The van der Waals surface area contributed by atoms with Crippen molar-refractivity contribution < 1.29 is 14.3 Å². The Balaban J connectivity index is 1.47. The number of H-pyrrole nitrogens is 1. The molecule has 0 spiro atoms. The molecule has 0 saturated heterocycles. The van der Waals surface area contributed by atoms with Crippen LogP contribution >= 0.6 is 0 Å². The van der Waals surface area contributed by atoms with Crippen LogP contribution in [0.2, 0.25) is 0 Å². The molecule has 0 saturated carbocycles. The largest absolute Gasteiger partial charge is 0.497 e. The van der Waals surface area contributed by atoms with E-state index in [1.807, 2.05) is 0 Å². The van der Waals surface area contributed by atoms with Crippen LogP contribution in [0.3, 0.4) is 0 Å². The van der Waals surface area contributed by atoms with Crippen molar-refractivity contribution in [1.29, 1.82) is 0 Å². The number of benzene rings is 2. The van der Waals surface area contributed by atoms with Gasteiger partial charge < -0.3 is 19.8 Å². The molecule has 4 aromatic rings. The molecule has 0 unspecified atom stereocenters. The van der Waals surface area contributed by atoms with Gasteiger partial charge in [0, 0.05) is 30.9 Å². The van der Waals surface area contributed by atoms with Gasteiger partial charge in [0.05, 0.1) is 31.9 Å². The van der Waals surface area contributed by atoms with E-state index in [2.05, 4.69) is 15.3 Å². The Morgan fingerprint density at radius 3 is 2.47 bits per heavy atom. The van der Waals surface area contributed by atoms with Crippen LogP contribution in [0.1, 0.15) is 10.4 Å². The minimum atomic E-state index is -0.802. The summed E-state index contributed by atoms with van der Waals surface area (Å²) in [6.45, 7) is 0.181. The van der Waals surface area contributed by atoms with Gasteiger partial charge in [-0.25, -0.2) is 14.3 Å². The number of aromatic amines is 1. The van der Waals surface area contributed by atoms with Crippen molar-refractivity contribution in [3.63, 3.8) is 0 Å². The van der Waals surface area contributed by atoms with Crippen LogP contribution in [0.5, 0.6) is 11.5 Å². The molecule has 0 bridgehead atoms. The second kappa shape index (κ2) is 10.6. The molecule has 2 aromatic heterocycles. The molecule has 0 aliphatic carbocycles. The van der Waals surface area contributed by atoms with Crippen molar-refractivity contribution in [2.24, 2.45) is 0 Å². The summed E-state index contributed by atoms with van der Waals surface area (Å²) >= 11 is 0. The summed E-state index contributed by atoms with van der Waals surface area (Å²) in [4.78, 5) is 57.2. The Kier molecular flexibility index (Phi) is 7.10. The van der Waals surface area contributed by atoms with Gasteiger partial charge in [-0.05, 0) is 36.4 Å². The minimum Gasteiger partial charge on any atom is -0.497 e. The summed E-state index contributed by atoms with van der Waals surface area (Å²) in [6.07, 6.45) is 2.45. The standard InChI is InChI=1S/C25H23N5O6/c1-35-17-9-7-16(8-10-17)19-13-22(31)29(15-28-19)12-11-26-23(32)18-14-27-25(34)30(24(18)33)20-5-3-4-6-21(20)36-2/h3-10,13-15H,11-12H2,1-2H3,(H,26,32)(H,27,34). The summed E-state index contributed by atoms with van der Waals surface area (Å²) < 4.78 is 12.5. The number of carbonyl (C=O) groups excluding carboxylic acids is 1. The van der Waals surface area contributed by atoms with E-state index in [0.29, 0.717) is 17.2 Å². The Morgan fingerprint density at radius 2 is 1.78 bits per heavy atom. The fourth-order valence-electron chi connectivity index (χ4n) is 3.57. The summed E-state index contributed by atoms with van der Waals surface area (Å²) in [5, 5.41) is 2.59. The van der Waals surface area contributed by atoms with E-state index in [1.165, 1.54) is 30.1 Å². The van der Waals surface area contributed by atoms with Gasteiger partial charge in [-0.1, -0.05) is 12.1 Å². The quantitative estimate of drug-likeness (QED) is 0.379. The summed E-state index contributed by atoms with van der Waals surface area (Å²) in [5.74, 6) is 0.295. The fourth-order valence-corrected chi connectivity index (χ4v) is 3.57. The zero-order valence-electron chi connectivity index (χ0n) is 19.6. The third kappa shape index (κ3) is 4.94. The highest BCUT2D eigenvalue weighted by Gasteiger charge is 2.17. The fraction of sp³-hybridized carbons (Fsp3) is 0.160. The van der Waals surface area contributed by atoms with Crippen LogP contribution in [0.4, 0.5) is 0 Å². The van der Waals surface area contributed by atoms with E-state index in [1.54, 1.807) is 49.6 Å². The highest BCUT2D eigenvalue weighted by atomic mass is 16.5. The molecular formula is C25H23N5O6. The molecule has 0 aliphatic rings. The van der Waals surface area contributed by atoms with Gasteiger partial charge in [0.1, 0.15) is 17.1 Å². The molecule has 11 nitrogen and oxygen atoms in total. The Labute approximate surface area is 204 Å². The summed E-state index contributed by atoms with van der Waals surface area (Å²) in [7, 11) is 2.98. The maximum absolute atomic E-state index is 13.0. The zero-order valence-corrected chi connectivity index (χ0v) is 19.6. The highest BCUT2D eigenvalue weighted by Crippen LogP contribution is 2.20. The van der Waals surface area contributed by atoms with Crippen molar-refractivity contribution in [3.8, 4) is 28.4 Å². The average molecular weight is 489 g/mol. The van der Waals surface area contributed by atoms with Crippen LogP contribution in [-0.2, 0) is 6.54 Å². The minimum absolute atomic E-state index is 0.0511. The van der Waals surface area contributed by atoms with Crippen molar-refractivity contribution in [1.82, 2.24) is 24.4 Å². The number of methoxy groups -OCH3 is 2. The Hall–Kier alpha value is -4.93. The number of ether oxygens (including phenoxy) is 2. The normalized spacial score (nSPS) is 10.6. The van der Waals surface area contributed by atoms with E-state index < -0.39 is 17.2 Å². The number of carbonyl (C=O) groups is 1. The number of nitrogens with one attached hydrogen (secondary N) is 2. The van der Waals surface area contributed by atoms with Gasteiger partial charge in [-0.3, -0.25) is 19.0 Å². The van der Waals surface area contributed by atoms with Crippen LogP contribution in [0.25, 0.3) is 16.9 Å². The molecule has 0 radical (unpaired) electrons. The van der Waals surface area contributed by atoms with E-state index in [-0.39, 0.29) is 29.9 Å². The first kappa shape index (κ1) is 24.2. The zero-order chi connectivity index (χ0) is 25.7. The second-order valence-electron chi connectivity index (χ2n) is 7.61. The lowest BCUT2D eigenvalue weighted by Crippen LogP contribution is -2.40. The molecule has 2 heterocycles. The van der Waals surface area contributed by atoms with Crippen molar-refractivity contribution in [2.75, 3.05) is 20.8 Å². The lowest BCUT2D eigenvalue weighted by molar-refractivity contribution is 0.0949. The van der Waals surface area contributed by atoms with E-state index in [4.69, 9.17) is 9.47 Å². The lowest BCUT2D eigenvalue weighted by Gasteiger charge is -2.11. The first-order valence-electron chi connectivity index (χ1n) is 10.9. The molecule has 0 atom stereocenters. The van der Waals surface area contributed by atoms with Gasteiger partial charge in [-0.2, -0.15) is 0 Å². The monoisotopic (exact) mass is 489 g/mol. The van der Waals surface area contributed by atoms with Crippen LogP contribution in [0, 0.1) is 0 Å². The molecule has 1 amide bonds.